The molecule has 8 nitrogen and oxygen atoms in total. The largest absolute Gasteiger partial charge is 0.508 e. The monoisotopic (exact) mass is 532 g/mol. The standard InChI is InChI=1S/C30H33FN4O4/c31-22-8-6-11-24(20-22)35(28(38)14-7-13-27(37)34-26-12-4-5-19-32-26)29(21-15-17-25(36)18-16-21)30(39)33-23-9-2-1-3-10-23/h4-6,8,11-12,15-20,23,29,36H,1-3,7,9-10,13-14H2,(H,33,39)(H,32,34,37)/t29-/m1/s1. The van der Waals surface area contributed by atoms with E-state index < -0.39 is 17.8 Å². The van der Waals surface area contributed by atoms with Gasteiger partial charge in [-0.05, 0) is 67.3 Å². The number of phenols is 1. The second-order valence-corrected chi connectivity index (χ2v) is 9.70. The number of hydrogen-bond donors (Lipinski definition) is 3. The quantitative estimate of drug-likeness (QED) is 0.330. The molecule has 39 heavy (non-hydrogen) atoms. The van der Waals surface area contributed by atoms with E-state index in [1.807, 2.05) is 0 Å². The van der Waals surface area contributed by atoms with Crippen LogP contribution in [-0.2, 0) is 14.4 Å². The van der Waals surface area contributed by atoms with Gasteiger partial charge in [-0.3, -0.25) is 19.3 Å². The first-order valence-corrected chi connectivity index (χ1v) is 13.3. The smallest absolute Gasteiger partial charge is 0.248 e. The molecule has 1 saturated carbocycles. The number of hydrogen-bond acceptors (Lipinski definition) is 5. The molecule has 1 aliphatic rings. The molecule has 0 unspecified atom stereocenters. The number of pyridine rings is 1. The van der Waals surface area contributed by atoms with Gasteiger partial charge in [0.05, 0.1) is 0 Å². The maximum atomic E-state index is 14.3. The van der Waals surface area contributed by atoms with Gasteiger partial charge in [-0.15, -0.1) is 0 Å². The lowest BCUT2D eigenvalue weighted by atomic mass is 9.94. The van der Waals surface area contributed by atoms with E-state index in [1.54, 1.807) is 42.6 Å². The van der Waals surface area contributed by atoms with Crippen molar-refractivity contribution in [3.63, 3.8) is 0 Å². The van der Waals surface area contributed by atoms with Gasteiger partial charge >= 0.3 is 0 Å². The van der Waals surface area contributed by atoms with Crippen LogP contribution in [-0.4, -0.2) is 33.9 Å². The van der Waals surface area contributed by atoms with Gasteiger partial charge in [0.1, 0.15) is 23.4 Å². The fourth-order valence-electron chi connectivity index (χ4n) is 4.83. The highest BCUT2D eigenvalue weighted by Gasteiger charge is 2.34. The molecule has 4 rings (SSSR count). The van der Waals surface area contributed by atoms with E-state index in [2.05, 4.69) is 15.6 Å². The number of halogens is 1. The van der Waals surface area contributed by atoms with Crippen LogP contribution in [0.5, 0.6) is 5.75 Å². The zero-order valence-electron chi connectivity index (χ0n) is 21.7. The lowest BCUT2D eigenvalue weighted by Crippen LogP contribution is -2.47. The van der Waals surface area contributed by atoms with Crippen molar-refractivity contribution >= 4 is 29.2 Å². The van der Waals surface area contributed by atoms with Gasteiger partial charge in [-0.25, -0.2) is 9.37 Å². The van der Waals surface area contributed by atoms with Gasteiger partial charge in [-0.2, -0.15) is 0 Å². The van der Waals surface area contributed by atoms with Crippen molar-refractivity contribution in [2.24, 2.45) is 0 Å². The summed E-state index contributed by atoms with van der Waals surface area (Å²) in [7, 11) is 0. The summed E-state index contributed by atoms with van der Waals surface area (Å²) in [6.45, 7) is 0. The molecular weight excluding hydrogens is 499 g/mol. The normalized spacial score (nSPS) is 14.3. The summed E-state index contributed by atoms with van der Waals surface area (Å²) in [5.74, 6) is -1.20. The summed E-state index contributed by atoms with van der Waals surface area (Å²) in [6, 6.07) is 15.7. The number of carbonyl (C=O) groups excluding carboxylic acids is 3. The molecule has 0 bridgehead atoms. The molecule has 1 atom stereocenters. The minimum Gasteiger partial charge on any atom is -0.508 e. The van der Waals surface area contributed by atoms with Crippen LogP contribution in [0.2, 0.25) is 0 Å². The Morgan fingerprint density at radius 2 is 1.74 bits per heavy atom. The Labute approximate surface area is 227 Å². The van der Waals surface area contributed by atoms with E-state index in [-0.39, 0.29) is 48.6 Å². The molecule has 0 saturated heterocycles. The number of nitrogens with one attached hydrogen (secondary N) is 2. The number of benzene rings is 2. The van der Waals surface area contributed by atoms with E-state index in [4.69, 9.17) is 0 Å². The Bertz CT molecular complexity index is 1260. The minimum atomic E-state index is -1.09. The summed E-state index contributed by atoms with van der Waals surface area (Å²) in [4.78, 5) is 45.2. The fraction of sp³-hybridized carbons (Fsp3) is 0.333. The van der Waals surface area contributed by atoms with Crippen molar-refractivity contribution in [2.45, 2.75) is 63.5 Å². The fourth-order valence-corrected chi connectivity index (χ4v) is 4.83. The second kappa shape index (κ2) is 13.5. The molecule has 3 aromatic rings. The molecule has 1 aliphatic carbocycles. The second-order valence-electron chi connectivity index (χ2n) is 9.70. The maximum Gasteiger partial charge on any atom is 0.248 e. The molecule has 3 N–H and O–H groups in total. The Balaban J connectivity index is 1.57. The number of phenolic OH excluding ortho intramolecular Hbond substituents is 1. The van der Waals surface area contributed by atoms with Crippen LogP contribution in [0, 0.1) is 5.82 Å². The first-order chi connectivity index (χ1) is 18.9. The molecule has 0 radical (unpaired) electrons. The number of amides is 3. The van der Waals surface area contributed by atoms with Crippen LogP contribution in [0.1, 0.15) is 63.0 Å². The number of anilines is 2. The van der Waals surface area contributed by atoms with Crippen LogP contribution >= 0.6 is 0 Å². The lowest BCUT2D eigenvalue weighted by molar-refractivity contribution is -0.127. The molecule has 1 fully saturated rings. The van der Waals surface area contributed by atoms with E-state index >= 15 is 0 Å². The zero-order chi connectivity index (χ0) is 27.6. The number of aromatic hydroxyl groups is 1. The average Bonchev–Trinajstić information content (AvgIpc) is 2.93. The number of carbonyl (C=O) groups is 3. The van der Waals surface area contributed by atoms with Crippen LogP contribution < -0.4 is 15.5 Å². The molecule has 3 amide bonds. The first kappa shape index (κ1) is 27.8. The van der Waals surface area contributed by atoms with Crippen molar-refractivity contribution in [1.29, 1.82) is 0 Å². The summed E-state index contributed by atoms with van der Waals surface area (Å²) in [5.41, 5.74) is 0.710. The minimum absolute atomic E-state index is 0.00869. The first-order valence-electron chi connectivity index (χ1n) is 13.3. The van der Waals surface area contributed by atoms with E-state index in [0.717, 1.165) is 32.1 Å². The lowest BCUT2D eigenvalue weighted by Gasteiger charge is -2.33. The summed E-state index contributed by atoms with van der Waals surface area (Å²) < 4.78 is 14.3. The Hall–Kier alpha value is -4.27. The van der Waals surface area contributed by atoms with E-state index in [9.17, 15) is 23.9 Å². The Kier molecular flexibility index (Phi) is 9.61. The highest BCUT2D eigenvalue weighted by atomic mass is 19.1. The molecule has 1 heterocycles. The maximum absolute atomic E-state index is 14.3. The summed E-state index contributed by atoms with van der Waals surface area (Å²) in [6.07, 6.45) is 6.67. The third kappa shape index (κ3) is 7.86. The molecule has 0 aliphatic heterocycles. The number of nitrogens with zero attached hydrogens (tertiary/aromatic N) is 2. The van der Waals surface area contributed by atoms with Crippen LogP contribution in [0.15, 0.2) is 72.9 Å². The Morgan fingerprint density at radius 1 is 0.974 bits per heavy atom. The van der Waals surface area contributed by atoms with Crippen molar-refractivity contribution < 1.29 is 23.9 Å². The summed E-state index contributed by atoms with van der Waals surface area (Å²) >= 11 is 0. The van der Waals surface area contributed by atoms with Crippen molar-refractivity contribution in [3.8, 4) is 5.75 Å². The van der Waals surface area contributed by atoms with Crippen LogP contribution in [0.4, 0.5) is 15.9 Å². The van der Waals surface area contributed by atoms with Gasteiger partial charge in [0.25, 0.3) is 0 Å². The number of aromatic nitrogens is 1. The van der Waals surface area contributed by atoms with Crippen molar-refractivity contribution in [1.82, 2.24) is 10.3 Å². The van der Waals surface area contributed by atoms with Crippen LogP contribution in [0.25, 0.3) is 0 Å². The van der Waals surface area contributed by atoms with Gasteiger partial charge in [0.15, 0.2) is 0 Å². The molecule has 1 aromatic heterocycles. The predicted molar refractivity (Wildman–Crippen MR) is 146 cm³/mol. The molecule has 204 valence electrons. The zero-order valence-corrected chi connectivity index (χ0v) is 21.7. The summed E-state index contributed by atoms with van der Waals surface area (Å²) in [5, 5.41) is 15.6. The van der Waals surface area contributed by atoms with Gasteiger partial charge < -0.3 is 15.7 Å². The third-order valence-electron chi connectivity index (χ3n) is 6.75. The third-order valence-corrected chi connectivity index (χ3v) is 6.75. The van der Waals surface area contributed by atoms with E-state index in [0.29, 0.717) is 11.4 Å². The highest BCUT2D eigenvalue weighted by Crippen LogP contribution is 2.31. The highest BCUT2D eigenvalue weighted by molar-refractivity contribution is 6.01. The predicted octanol–water partition coefficient (Wildman–Crippen LogP) is 5.26. The van der Waals surface area contributed by atoms with Gasteiger partial charge in [0, 0.05) is 30.8 Å². The molecule has 9 heteroatoms. The molecule has 0 spiro atoms. The van der Waals surface area contributed by atoms with E-state index in [1.165, 1.54) is 35.2 Å². The molecular formula is C30H33FN4O4. The average molecular weight is 533 g/mol. The van der Waals surface area contributed by atoms with Crippen LogP contribution in [0.3, 0.4) is 0 Å². The van der Waals surface area contributed by atoms with Gasteiger partial charge in [0.2, 0.25) is 17.7 Å². The number of rotatable bonds is 10. The topological polar surface area (TPSA) is 112 Å². The van der Waals surface area contributed by atoms with Crippen molar-refractivity contribution in [2.75, 3.05) is 10.2 Å². The SMILES string of the molecule is O=C(CCCC(=O)N(c1cccc(F)c1)[C@@H](C(=O)NC1CCCCC1)c1ccc(O)cc1)Nc1ccccn1. The molecule has 2 aromatic carbocycles. The Morgan fingerprint density at radius 3 is 2.44 bits per heavy atom. The van der Waals surface area contributed by atoms with Crippen molar-refractivity contribution in [3.05, 3.63) is 84.3 Å². The van der Waals surface area contributed by atoms with Gasteiger partial charge in [-0.1, -0.05) is 43.5 Å².